The molecule has 2 heteroatoms. The summed E-state index contributed by atoms with van der Waals surface area (Å²) in [6, 6.07) is 8.45. The zero-order valence-electron chi connectivity index (χ0n) is 14.2. The van der Waals surface area contributed by atoms with Crippen LogP contribution in [0.25, 0.3) is 0 Å². The van der Waals surface area contributed by atoms with Crippen LogP contribution >= 0.6 is 0 Å². The highest BCUT2D eigenvalue weighted by molar-refractivity contribution is 5.28. The minimum atomic E-state index is 0.115. The standard InChI is InChI=1S/C18H31NO/c1-14(2)15-8-10-16(11-9-15)20-13-18(6,7)12-19-17(3,4)5/h8-11,14,19H,12-13H2,1-7H3. The van der Waals surface area contributed by atoms with Crippen LogP contribution in [0.2, 0.25) is 0 Å². The molecule has 20 heavy (non-hydrogen) atoms. The van der Waals surface area contributed by atoms with Crippen molar-refractivity contribution >= 4 is 0 Å². The van der Waals surface area contributed by atoms with E-state index < -0.39 is 0 Å². The van der Waals surface area contributed by atoms with Crippen molar-refractivity contribution in [1.82, 2.24) is 5.32 Å². The molecule has 0 spiro atoms. The van der Waals surface area contributed by atoms with Gasteiger partial charge < -0.3 is 10.1 Å². The predicted molar refractivity (Wildman–Crippen MR) is 87.6 cm³/mol. The molecule has 0 saturated heterocycles. The molecule has 0 aliphatic heterocycles. The van der Waals surface area contributed by atoms with Crippen molar-refractivity contribution < 1.29 is 4.74 Å². The third-order valence-electron chi connectivity index (χ3n) is 3.27. The number of hydrogen-bond donors (Lipinski definition) is 1. The number of nitrogens with one attached hydrogen (secondary N) is 1. The van der Waals surface area contributed by atoms with Gasteiger partial charge in [0.25, 0.3) is 0 Å². The van der Waals surface area contributed by atoms with E-state index in [1.54, 1.807) is 0 Å². The van der Waals surface area contributed by atoms with Crippen LogP contribution in [0.5, 0.6) is 5.75 Å². The molecule has 0 heterocycles. The van der Waals surface area contributed by atoms with Crippen LogP contribution in [0, 0.1) is 5.41 Å². The SMILES string of the molecule is CC(C)c1ccc(OCC(C)(C)CNC(C)(C)C)cc1. The van der Waals surface area contributed by atoms with Crippen molar-refractivity contribution in [2.75, 3.05) is 13.2 Å². The van der Waals surface area contributed by atoms with E-state index in [9.17, 15) is 0 Å². The summed E-state index contributed by atoms with van der Waals surface area (Å²) in [6.07, 6.45) is 0. The Morgan fingerprint density at radius 1 is 1.00 bits per heavy atom. The Bertz CT molecular complexity index is 398. The van der Waals surface area contributed by atoms with Gasteiger partial charge in [-0.2, -0.15) is 0 Å². The van der Waals surface area contributed by atoms with Crippen molar-refractivity contribution in [2.24, 2.45) is 5.41 Å². The first-order valence-corrected chi connectivity index (χ1v) is 7.57. The Morgan fingerprint density at radius 2 is 1.55 bits per heavy atom. The first kappa shape index (κ1) is 17.0. The smallest absolute Gasteiger partial charge is 0.119 e. The fourth-order valence-corrected chi connectivity index (χ4v) is 1.78. The molecule has 0 radical (unpaired) electrons. The largest absolute Gasteiger partial charge is 0.493 e. The minimum Gasteiger partial charge on any atom is -0.493 e. The monoisotopic (exact) mass is 277 g/mol. The highest BCUT2D eigenvalue weighted by Crippen LogP contribution is 2.21. The summed E-state index contributed by atoms with van der Waals surface area (Å²) in [5.74, 6) is 1.52. The van der Waals surface area contributed by atoms with Gasteiger partial charge in [0.2, 0.25) is 0 Å². The molecule has 0 amide bonds. The van der Waals surface area contributed by atoms with Crippen LogP contribution in [-0.2, 0) is 0 Å². The normalized spacial score (nSPS) is 12.8. The van der Waals surface area contributed by atoms with E-state index in [2.05, 4.69) is 78.0 Å². The van der Waals surface area contributed by atoms with E-state index in [1.165, 1.54) is 5.56 Å². The predicted octanol–water partition coefficient (Wildman–Crippen LogP) is 4.60. The lowest BCUT2D eigenvalue weighted by atomic mass is 9.93. The van der Waals surface area contributed by atoms with Gasteiger partial charge in [0.15, 0.2) is 0 Å². The molecule has 0 unspecified atom stereocenters. The molecule has 1 aromatic carbocycles. The minimum absolute atomic E-state index is 0.115. The molecule has 0 atom stereocenters. The molecule has 0 aliphatic rings. The van der Waals surface area contributed by atoms with Crippen LogP contribution in [0.4, 0.5) is 0 Å². The van der Waals surface area contributed by atoms with Crippen LogP contribution < -0.4 is 10.1 Å². The van der Waals surface area contributed by atoms with Gasteiger partial charge >= 0.3 is 0 Å². The lowest BCUT2D eigenvalue weighted by Gasteiger charge is -2.30. The Kier molecular flexibility index (Phi) is 5.64. The van der Waals surface area contributed by atoms with Gasteiger partial charge in [0.1, 0.15) is 5.75 Å². The van der Waals surface area contributed by atoms with Gasteiger partial charge in [-0.1, -0.05) is 39.8 Å². The molecule has 0 aromatic heterocycles. The summed E-state index contributed by atoms with van der Waals surface area (Å²) in [7, 11) is 0. The van der Waals surface area contributed by atoms with E-state index in [-0.39, 0.29) is 11.0 Å². The van der Waals surface area contributed by atoms with Crippen LogP contribution in [-0.4, -0.2) is 18.7 Å². The summed E-state index contributed by atoms with van der Waals surface area (Å²) in [5, 5.41) is 3.54. The highest BCUT2D eigenvalue weighted by atomic mass is 16.5. The maximum absolute atomic E-state index is 5.93. The molecule has 0 fully saturated rings. The van der Waals surface area contributed by atoms with E-state index in [0.29, 0.717) is 5.92 Å². The van der Waals surface area contributed by atoms with Gasteiger partial charge in [-0.25, -0.2) is 0 Å². The summed E-state index contributed by atoms with van der Waals surface area (Å²) < 4.78 is 5.93. The lowest BCUT2D eigenvalue weighted by Crippen LogP contribution is -2.43. The second-order valence-corrected chi connectivity index (χ2v) is 7.78. The quantitative estimate of drug-likeness (QED) is 0.820. The number of rotatable bonds is 6. The van der Waals surface area contributed by atoms with Crippen molar-refractivity contribution in [3.8, 4) is 5.75 Å². The number of benzene rings is 1. The summed E-state index contributed by atoms with van der Waals surface area (Å²) in [4.78, 5) is 0. The maximum Gasteiger partial charge on any atom is 0.119 e. The number of hydrogen-bond acceptors (Lipinski definition) is 2. The van der Waals surface area contributed by atoms with E-state index >= 15 is 0 Å². The molecule has 1 aromatic rings. The molecule has 1 rings (SSSR count). The van der Waals surface area contributed by atoms with E-state index in [4.69, 9.17) is 4.74 Å². The third-order valence-corrected chi connectivity index (χ3v) is 3.27. The van der Waals surface area contributed by atoms with Crippen LogP contribution in [0.15, 0.2) is 24.3 Å². The summed E-state index contributed by atoms with van der Waals surface area (Å²) in [6.45, 7) is 17.1. The average molecular weight is 277 g/mol. The molecular formula is C18H31NO. The molecule has 0 aliphatic carbocycles. The first-order chi connectivity index (χ1) is 9.09. The van der Waals surface area contributed by atoms with Crippen molar-refractivity contribution in [3.05, 3.63) is 29.8 Å². The molecular weight excluding hydrogens is 246 g/mol. The maximum atomic E-state index is 5.93. The van der Waals surface area contributed by atoms with Crippen molar-refractivity contribution in [3.63, 3.8) is 0 Å². The zero-order valence-corrected chi connectivity index (χ0v) is 14.2. The lowest BCUT2D eigenvalue weighted by molar-refractivity contribution is 0.166. The summed E-state index contributed by atoms with van der Waals surface area (Å²) in [5.41, 5.74) is 1.62. The van der Waals surface area contributed by atoms with Gasteiger partial charge in [0, 0.05) is 17.5 Å². The first-order valence-electron chi connectivity index (χ1n) is 7.57. The third kappa shape index (κ3) is 6.42. The van der Waals surface area contributed by atoms with E-state index in [0.717, 1.165) is 18.9 Å². The Balaban J connectivity index is 2.49. The Morgan fingerprint density at radius 3 is 2.00 bits per heavy atom. The van der Waals surface area contributed by atoms with Crippen molar-refractivity contribution in [1.29, 1.82) is 0 Å². The summed E-state index contributed by atoms with van der Waals surface area (Å²) >= 11 is 0. The molecule has 0 saturated carbocycles. The second-order valence-electron chi connectivity index (χ2n) is 7.78. The van der Waals surface area contributed by atoms with Gasteiger partial charge in [0.05, 0.1) is 6.61 Å². The van der Waals surface area contributed by atoms with Crippen LogP contribution in [0.3, 0.4) is 0 Å². The zero-order chi connectivity index (χ0) is 15.4. The van der Waals surface area contributed by atoms with Crippen molar-refractivity contribution in [2.45, 2.75) is 59.9 Å². The van der Waals surface area contributed by atoms with Gasteiger partial charge in [-0.05, 0) is 44.4 Å². The topological polar surface area (TPSA) is 21.3 Å². The Hall–Kier alpha value is -1.02. The highest BCUT2D eigenvalue weighted by Gasteiger charge is 2.21. The molecule has 2 nitrogen and oxygen atoms in total. The van der Waals surface area contributed by atoms with Gasteiger partial charge in [-0.15, -0.1) is 0 Å². The average Bonchev–Trinajstić information content (AvgIpc) is 2.34. The fourth-order valence-electron chi connectivity index (χ4n) is 1.78. The van der Waals surface area contributed by atoms with Gasteiger partial charge in [-0.3, -0.25) is 0 Å². The van der Waals surface area contributed by atoms with Crippen LogP contribution in [0.1, 0.15) is 59.9 Å². The molecule has 1 N–H and O–H groups in total. The van der Waals surface area contributed by atoms with E-state index in [1.807, 2.05) is 0 Å². The number of ether oxygens (including phenoxy) is 1. The Labute approximate surface area is 124 Å². The molecule has 0 bridgehead atoms. The second kappa shape index (κ2) is 6.62. The fraction of sp³-hybridized carbons (Fsp3) is 0.667. The molecule has 114 valence electrons.